The first kappa shape index (κ1) is 39.2. The Morgan fingerprint density at radius 2 is 1.47 bits per heavy atom. The Morgan fingerprint density at radius 1 is 0.847 bits per heavy atom. The Labute approximate surface area is 348 Å². The van der Waals surface area contributed by atoms with Crippen molar-refractivity contribution in [2.75, 3.05) is 31.1 Å². The zero-order chi connectivity index (χ0) is 41.5. The number of amides is 5. The normalized spacial score (nSPS) is 25.5. The van der Waals surface area contributed by atoms with Gasteiger partial charge in [-0.3, -0.25) is 44.0 Å². The van der Waals surface area contributed by atoms with Crippen LogP contribution in [0.1, 0.15) is 95.6 Å². The summed E-state index contributed by atoms with van der Waals surface area (Å²) in [6.45, 7) is 20.9. The fourth-order valence-electron chi connectivity index (χ4n) is 10.8. The van der Waals surface area contributed by atoms with E-state index >= 15 is 0 Å². The maximum absolute atomic E-state index is 13.5. The van der Waals surface area contributed by atoms with Crippen LogP contribution in [0.15, 0.2) is 54.6 Å². The van der Waals surface area contributed by atoms with Crippen molar-refractivity contribution in [1.29, 1.82) is 0 Å². The fourth-order valence-corrected chi connectivity index (χ4v) is 11.0. The standard InChI is InChI=1S/C45H48ClN7O6/c1-44(2)42(45(3,4)43(44)59-31-10-11-35(47-5)34(46)20-31)49-38(55)25-6-8-28(9-7-25)50-16-14-29(15-17-50)52-23-30(24-52)51-21-26-18-32-33(19-27(26)22-51)41(58)53(40(32)57)36-12-13-37(54)48-39(36)56/h6-11,18-20,29-30,36,42-43H,12-17,21-24H2,1-4H3,(H,49,55)(H,48,54,56). The minimum absolute atomic E-state index is 0.0989. The van der Waals surface area contributed by atoms with E-state index in [4.69, 9.17) is 22.9 Å². The van der Waals surface area contributed by atoms with Gasteiger partial charge >= 0.3 is 0 Å². The number of likely N-dealkylation sites (tertiary alicyclic amines) is 1. The number of halogens is 1. The molecule has 0 radical (unpaired) electrons. The number of hydrogen-bond donors (Lipinski definition) is 2. The van der Waals surface area contributed by atoms with Crippen LogP contribution in [-0.2, 0) is 22.7 Å². The third-order valence-corrected chi connectivity index (χ3v) is 14.1. The van der Waals surface area contributed by atoms with E-state index in [-0.39, 0.29) is 47.6 Å². The lowest BCUT2D eigenvalue weighted by Gasteiger charge is -2.63. The second kappa shape index (κ2) is 14.5. The van der Waals surface area contributed by atoms with Crippen molar-refractivity contribution < 1.29 is 28.7 Å². The smallest absolute Gasteiger partial charge is 0.262 e. The zero-order valence-electron chi connectivity index (χ0n) is 33.7. The molecule has 5 amide bonds. The third-order valence-electron chi connectivity index (χ3n) is 13.8. The Bertz CT molecular complexity index is 2260. The van der Waals surface area contributed by atoms with Crippen LogP contribution in [0.4, 0.5) is 11.4 Å². The van der Waals surface area contributed by atoms with Gasteiger partial charge in [-0.2, -0.15) is 0 Å². The van der Waals surface area contributed by atoms with Gasteiger partial charge in [-0.25, -0.2) is 4.85 Å². The van der Waals surface area contributed by atoms with E-state index < -0.39 is 23.8 Å². The number of hydrogen-bond acceptors (Lipinski definition) is 9. The molecule has 13 nitrogen and oxygen atoms in total. The van der Waals surface area contributed by atoms with Crippen molar-refractivity contribution in [3.8, 4) is 5.75 Å². The van der Waals surface area contributed by atoms with Crippen LogP contribution < -0.4 is 20.3 Å². The Hall–Kier alpha value is -5.29. The molecule has 0 spiro atoms. The molecule has 6 aliphatic rings. The van der Waals surface area contributed by atoms with Crippen LogP contribution in [0, 0.1) is 17.4 Å². The summed E-state index contributed by atoms with van der Waals surface area (Å²) >= 11 is 6.26. The maximum Gasteiger partial charge on any atom is 0.262 e. The molecule has 5 aliphatic heterocycles. The molecular formula is C45H48ClN7O6. The number of anilines is 1. The minimum Gasteiger partial charge on any atom is -0.489 e. The van der Waals surface area contributed by atoms with Crippen molar-refractivity contribution in [2.24, 2.45) is 10.8 Å². The van der Waals surface area contributed by atoms with Crippen LogP contribution in [0.5, 0.6) is 5.75 Å². The molecular weight excluding hydrogens is 770 g/mol. The van der Waals surface area contributed by atoms with Crippen molar-refractivity contribution in [1.82, 2.24) is 25.3 Å². The van der Waals surface area contributed by atoms with Gasteiger partial charge in [0.05, 0.1) is 22.7 Å². The quantitative estimate of drug-likeness (QED) is 0.221. The van der Waals surface area contributed by atoms with E-state index in [1.165, 1.54) is 0 Å². The molecule has 59 heavy (non-hydrogen) atoms. The van der Waals surface area contributed by atoms with Gasteiger partial charge in [-0.1, -0.05) is 45.4 Å². The van der Waals surface area contributed by atoms with Crippen molar-refractivity contribution in [3.63, 3.8) is 0 Å². The summed E-state index contributed by atoms with van der Waals surface area (Å²) in [6, 6.07) is 16.5. The summed E-state index contributed by atoms with van der Waals surface area (Å²) in [4.78, 5) is 76.1. The number of rotatable bonds is 8. The fraction of sp³-hybridized carbons (Fsp3) is 0.467. The molecule has 306 valence electrons. The second-order valence-electron chi connectivity index (χ2n) is 18.2. The second-order valence-corrected chi connectivity index (χ2v) is 18.6. The number of imide groups is 2. The van der Waals surface area contributed by atoms with E-state index in [9.17, 15) is 24.0 Å². The van der Waals surface area contributed by atoms with E-state index in [1.54, 1.807) is 18.2 Å². The average Bonchev–Trinajstić information content (AvgIpc) is 3.71. The first-order valence-electron chi connectivity index (χ1n) is 20.5. The molecule has 1 unspecified atom stereocenters. The van der Waals surface area contributed by atoms with Crippen LogP contribution in [-0.4, -0.2) is 101 Å². The summed E-state index contributed by atoms with van der Waals surface area (Å²) in [6.07, 6.45) is 2.18. The van der Waals surface area contributed by atoms with Gasteiger partial charge < -0.3 is 15.0 Å². The number of carbonyl (C=O) groups excluding carboxylic acids is 5. The van der Waals surface area contributed by atoms with Gasteiger partial charge in [-0.05, 0) is 78.9 Å². The Morgan fingerprint density at radius 3 is 2.05 bits per heavy atom. The maximum atomic E-state index is 13.5. The van der Waals surface area contributed by atoms with E-state index in [0.717, 1.165) is 73.8 Å². The molecule has 1 saturated carbocycles. The predicted molar refractivity (Wildman–Crippen MR) is 220 cm³/mol. The molecule has 5 heterocycles. The molecule has 14 heteroatoms. The van der Waals surface area contributed by atoms with Gasteiger partial charge in [0.15, 0.2) is 0 Å². The van der Waals surface area contributed by atoms with Crippen LogP contribution in [0.3, 0.4) is 0 Å². The van der Waals surface area contributed by atoms with Crippen LogP contribution >= 0.6 is 11.6 Å². The highest BCUT2D eigenvalue weighted by Crippen LogP contribution is 2.56. The van der Waals surface area contributed by atoms with Gasteiger partial charge in [-0.15, -0.1) is 0 Å². The zero-order valence-corrected chi connectivity index (χ0v) is 34.5. The summed E-state index contributed by atoms with van der Waals surface area (Å²) in [5, 5.41) is 5.90. The lowest BCUT2D eigenvalue weighted by Crippen LogP contribution is -2.74. The van der Waals surface area contributed by atoms with Crippen molar-refractivity contribution in [2.45, 2.75) is 96.7 Å². The molecule has 0 aromatic heterocycles. The van der Waals surface area contributed by atoms with Crippen molar-refractivity contribution in [3.05, 3.63) is 98.9 Å². The van der Waals surface area contributed by atoms with Gasteiger partial charge in [0.2, 0.25) is 17.5 Å². The minimum atomic E-state index is -0.960. The Balaban J connectivity index is 0.739. The summed E-state index contributed by atoms with van der Waals surface area (Å²) < 4.78 is 6.39. The first-order chi connectivity index (χ1) is 28.1. The van der Waals surface area contributed by atoms with E-state index in [1.807, 2.05) is 36.4 Å². The average molecular weight is 818 g/mol. The monoisotopic (exact) mass is 817 g/mol. The SMILES string of the molecule is [C-]#[N+]c1ccc(OC2C(C)(C)C(NC(=O)c3ccc(N4CCC(N5CC(N6Cc7cc8c(cc7C6)C(=O)N(C6CCC(=O)NC6=O)C8=O)C5)CC4)cc3)C2(C)C)cc1Cl. The number of fused-ring (bicyclic) bond motifs is 2. The summed E-state index contributed by atoms with van der Waals surface area (Å²) in [5.41, 5.74) is 4.20. The molecule has 3 saturated heterocycles. The number of benzene rings is 3. The molecule has 0 bridgehead atoms. The molecule has 2 N–H and O–H groups in total. The lowest BCUT2D eigenvalue weighted by atomic mass is 9.49. The lowest BCUT2D eigenvalue weighted by molar-refractivity contribution is -0.164. The third kappa shape index (κ3) is 6.66. The number of nitrogens with zero attached hydrogens (tertiary/aromatic N) is 5. The topological polar surface area (TPSA) is 136 Å². The molecule has 1 atom stereocenters. The van der Waals surface area contributed by atoms with Gasteiger partial charge in [0, 0.05) is 85.9 Å². The summed E-state index contributed by atoms with van der Waals surface area (Å²) in [7, 11) is 0. The van der Waals surface area contributed by atoms with Crippen molar-refractivity contribution >= 4 is 52.5 Å². The van der Waals surface area contributed by atoms with E-state index in [2.05, 4.69) is 57.9 Å². The van der Waals surface area contributed by atoms with Gasteiger partial charge in [0.25, 0.3) is 17.7 Å². The molecule has 1 aliphatic carbocycles. The highest BCUT2D eigenvalue weighted by atomic mass is 35.5. The van der Waals surface area contributed by atoms with Crippen LogP contribution in [0.25, 0.3) is 4.85 Å². The van der Waals surface area contributed by atoms with Gasteiger partial charge in [0.1, 0.15) is 17.9 Å². The number of ether oxygens (including phenoxy) is 1. The summed E-state index contributed by atoms with van der Waals surface area (Å²) in [5.74, 6) is -1.41. The first-order valence-corrected chi connectivity index (χ1v) is 20.9. The largest absolute Gasteiger partial charge is 0.489 e. The molecule has 3 aromatic rings. The number of carbonyl (C=O) groups is 5. The number of piperidine rings is 2. The van der Waals surface area contributed by atoms with E-state index in [0.29, 0.717) is 45.2 Å². The number of nitrogens with one attached hydrogen (secondary N) is 2. The highest BCUT2D eigenvalue weighted by Gasteiger charge is 2.64. The van der Waals surface area contributed by atoms with Crippen LogP contribution in [0.2, 0.25) is 5.02 Å². The predicted octanol–water partition coefficient (Wildman–Crippen LogP) is 5.57. The molecule has 9 rings (SSSR count). The molecule has 3 aromatic carbocycles. The molecule has 4 fully saturated rings. The highest BCUT2D eigenvalue weighted by molar-refractivity contribution is 6.33. The Kier molecular flexibility index (Phi) is 9.61.